The Balaban J connectivity index is 3.08. The SMILES string of the molecule is CCOC(=O)c1c(NC(=O)C(C)Br)sc(C)c1C. The minimum Gasteiger partial charge on any atom is -0.462 e. The average Bonchev–Trinajstić information content (AvgIpc) is 2.54. The van der Waals surface area contributed by atoms with Crippen molar-refractivity contribution < 1.29 is 14.3 Å². The molecule has 0 spiro atoms. The molecule has 0 aliphatic heterocycles. The van der Waals surface area contributed by atoms with E-state index in [2.05, 4.69) is 21.2 Å². The van der Waals surface area contributed by atoms with Crippen LogP contribution in [0.1, 0.15) is 34.6 Å². The second-order valence-corrected chi connectivity index (χ2v) is 6.41. The molecule has 0 fully saturated rings. The van der Waals surface area contributed by atoms with Crippen LogP contribution in [0.25, 0.3) is 0 Å². The molecule has 1 aromatic rings. The smallest absolute Gasteiger partial charge is 0.341 e. The number of anilines is 1. The quantitative estimate of drug-likeness (QED) is 0.679. The number of hydrogen-bond donors (Lipinski definition) is 1. The lowest BCUT2D eigenvalue weighted by molar-refractivity contribution is -0.115. The lowest BCUT2D eigenvalue weighted by Gasteiger charge is -2.08. The van der Waals surface area contributed by atoms with E-state index in [0.29, 0.717) is 17.2 Å². The van der Waals surface area contributed by atoms with Gasteiger partial charge in [-0.2, -0.15) is 0 Å². The summed E-state index contributed by atoms with van der Waals surface area (Å²) in [7, 11) is 0. The fourth-order valence-corrected chi connectivity index (χ4v) is 2.54. The molecular formula is C12H16BrNO3S. The van der Waals surface area contributed by atoms with Crippen LogP contribution in [0.5, 0.6) is 0 Å². The summed E-state index contributed by atoms with van der Waals surface area (Å²) in [5.41, 5.74) is 1.32. The van der Waals surface area contributed by atoms with Crippen LogP contribution in [0.2, 0.25) is 0 Å². The molecule has 18 heavy (non-hydrogen) atoms. The Hall–Kier alpha value is -0.880. The van der Waals surface area contributed by atoms with Gasteiger partial charge in [-0.15, -0.1) is 11.3 Å². The van der Waals surface area contributed by atoms with E-state index in [1.165, 1.54) is 11.3 Å². The maximum atomic E-state index is 11.9. The molecule has 1 rings (SSSR count). The summed E-state index contributed by atoms with van der Waals surface area (Å²) in [6, 6.07) is 0. The van der Waals surface area contributed by atoms with Crippen molar-refractivity contribution in [3.8, 4) is 0 Å². The molecular weight excluding hydrogens is 318 g/mol. The number of hydrogen-bond acceptors (Lipinski definition) is 4. The average molecular weight is 334 g/mol. The van der Waals surface area contributed by atoms with E-state index in [1.807, 2.05) is 13.8 Å². The van der Waals surface area contributed by atoms with Crippen molar-refractivity contribution in [2.75, 3.05) is 11.9 Å². The largest absolute Gasteiger partial charge is 0.462 e. The predicted molar refractivity (Wildman–Crippen MR) is 76.8 cm³/mol. The number of carbonyl (C=O) groups excluding carboxylic acids is 2. The Labute approximate surface area is 119 Å². The van der Waals surface area contributed by atoms with Gasteiger partial charge >= 0.3 is 5.97 Å². The Morgan fingerprint density at radius 2 is 2.06 bits per heavy atom. The standard InChI is InChI=1S/C12H16BrNO3S/c1-5-17-12(16)9-6(2)8(4)18-11(9)14-10(15)7(3)13/h7H,5H2,1-4H3,(H,14,15). The number of amides is 1. The Bertz CT molecular complexity index is 468. The van der Waals surface area contributed by atoms with E-state index < -0.39 is 5.97 Å². The summed E-state index contributed by atoms with van der Waals surface area (Å²) in [5.74, 6) is -0.571. The first-order valence-corrected chi connectivity index (χ1v) is 7.33. The number of esters is 1. The maximum Gasteiger partial charge on any atom is 0.341 e. The number of alkyl halides is 1. The summed E-state index contributed by atoms with van der Waals surface area (Å²) >= 11 is 4.58. The molecule has 0 aromatic carbocycles. The Morgan fingerprint density at radius 1 is 1.44 bits per heavy atom. The topological polar surface area (TPSA) is 55.4 Å². The van der Waals surface area contributed by atoms with Crippen LogP contribution in [0.15, 0.2) is 0 Å². The monoisotopic (exact) mass is 333 g/mol. The van der Waals surface area contributed by atoms with Gasteiger partial charge in [0.05, 0.1) is 17.0 Å². The van der Waals surface area contributed by atoms with Crippen molar-refractivity contribution in [3.63, 3.8) is 0 Å². The predicted octanol–water partition coefficient (Wildman–Crippen LogP) is 3.26. The molecule has 1 heterocycles. The van der Waals surface area contributed by atoms with Gasteiger partial charge in [0.2, 0.25) is 5.91 Å². The third-order valence-corrected chi connectivity index (χ3v) is 4.00. The molecule has 0 radical (unpaired) electrons. The first-order valence-electron chi connectivity index (χ1n) is 5.60. The molecule has 4 nitrogen and oxygen atoms in total. The van der Waals surface area contributed by atoms with Gasteiger partial charge in [-0.05, 0) is 33.3 Å². The van der Waals surface area contributed by atoms with Gasteiger partial charge in [-0.25, -0.2) is 4.79 Å². The van der Waals surface area contributed by atoms with Crippen LogP contribution < -0.4 is 5.32 Å². The van der Waals surface area contributed by atoms with Gasteiger partial charge in [0, 0.05) is 4.88 Å². The number of rotatable bonds is 4. The number of ether oxygens (including phenoxy) is 1. The van der Waals surface area contributed by atoms with Crippen LogP contribution in [-0.4, -0.2) is 23.3 Å². The highest BCUT2D eigenvalue weighted by Crippen LogP contribution is 2.33. The van der Waals surface area contributed by atoms with E-state index in [1.54, 1.807) is 13.8 Å². The molecule has 0 bridgehead atoms. The van der Waals surface area contributed by atoms with Gasteiger partial charge in [0.1, 0.15) is 5.00 Å². The zero-order valence-electron chi connectivity index (χ0n) is 10.8. The van der Waals surface area contributed by atoms with E-state index in [0.717, 1.165) is 10.4 Å². The normalized spacial score (nSPS) is 12.1. The molecule has 1 amide bonds. The second-order valence-electron chi connectivity index (χ2n) is 3.81. The van der Waals surface area contributed by atoms with Crippen molar-refractivity contribution in [1.29, 1.82) is 0 Å². The van der Waals surface area contributed by atoms with Crippen molar-refractivity contribution in [2.24, 2.45) is 0 Å². The second kappa shape index (κ2) is 6.33. The summed E-state index contributed by atoms with van der Waals surface area (Å²) in [6.45, 7) is 7.56. The van der Waals surface area contributed by atoms with Gasteiger partial charge in [-0.3, -0.25) is 4.79 Å². The summed E-state index contributed by atoms with van der Waals surface area (Å²) < 4.78 is 5.01. The molecule has 0 saturated carbocycles. The highest BCUT2D eigenvalue weighted by Gasteiger charge is 2.22. The molecule has 1 atom stereocenters. The van der Waals surface area contributed by atoms with Gasteiger partial charge in [0.25, 0.3) is 0 Å². The van der Waals surface area contributed by atoms with E-state index in [9.17, 15) is 9.59 Å². The lowest BCUT2D eigenvalue weighted by atomic mass is 10.1. The van der Waals surface area contributed by atoms with Crippen molar-refractivity contribution >= 4 is 44.1 Å². The highest BCUT2D eigenvalue weighted by molar-refractivity contribution is 9.10. The molecule has 100 valence electrons. The molecule has 1 N–H and O–H groups in total. The van der Waals surface area contributed by atoms with Gasteiger partial charge in [0.15, 0.2) is 0 Å². The molecule has 0 saturated heterocycles. The summed E-state index contributed by atoms with van der Waals surface area (Å²) in [5, 5.41) is 3.30. The zero-order chi connectivity index (χ0) is 13.9. The minimum atomic E-state index is -0.392. The van der Waals surface area contributed by atoms with Crippen LogP contribution in [0.4, 0.5) is 5.00 Å². The first kappa shape index (κ1) is 15.2. The molecule has 6 heteroatoms. The van der Waals surface area contributed by atoms with Crippen LogP contribution in [0.3, 0.4) is 0 Å². The van der Waals surface area contributed by atoms with E-state index in [-0.39, 0.29) is 10.7 Å². The lowest BCUT2D eigenvalue weighted by Crippen LogP contribution is -2.21. The van der Waals surface area contributed by atoms with E-state index in [4.69, 9.17) is 4.74 Å². The van der Waals surface area contributed by atoms with Crippen molar-refractivity contribution in [1.82, 2.24) is 0 Å². The molecule has 1 aromatic heterocycles. The van der Waals surface area contributed by atoms with Gasteiger partial charge < -0.3 is 10.1 Å². The number of thiophene rings is 1. The number of nitrogens with one attached hydrogen (secondary N) is 1. The van der Waals surface area contributed by atoms with Gasteiger partial charge in [-0.1, -0.05) is 15.9 Å². The van der Waals surface area contributed by atoms with E-state index >= 15 is 0 Å². The third-order valence-electron chi connectivity index (χ3n) is 2.46. The fraction of sp³-hybridized carbons (Fsp3) is 0.500. The Kier molecular flexibility index (Phi) is 5.34. The number of halogens is 1. The molecule has 0 aliphatic rings. The highest BCUT2D eigenvalue weighted by atomic mass is 79.9. The fourth-order valence-electron chi connectivity index (χ4n) is 1.38. The first-order chi connectivity index (χ1) is 8.38. The third kappa shape index (κ3) is 3.32. The Morgan fingerprint density at radius 3 is 2.56 bits per heavy atom. The number of aryl methyl sites for hydroxylation is 1. The number of carbonyl (C=O) groups is 2. The van der Waals surface area contributed by atoms with Crippen LogP contribution in [-0.2, 0) is 9.53 Å². The van der Waals surface area contributed by atoms with Crippen molar-refractivity contribution in [3.05, 3.63) is 16.0 Å². The summed E-state index contributed by atoms with van der Waals surface area (Å²) in [4.78, 5) is 24.2. The zero-order valence-corrected chi connectivity index (χ0v) is 13.2. The van der Waals surface area contributed by atoms with Crippen molar-refractivity contribution in [2.45, 2.75) is 32.5 Å². The molecule has 0 aliphatic carbocycles. The van der Waals surface area contributed by atoms with Crippen LogP contribution in [0, 0.1) is 13.8 Å². The maximum absolute atomic E-state index is 11.9. The minimum absolute atomic E-state index is 0.179. The van der Waals surface area contributed by atoms with Crippen LogP contribution >= 0.6 is 27.3 Å². The molecule has 1 unspecified atom stereocenters. The summed E-state index contributed by atoms with van der Waals surface area (Å²) in [6.07, 6.45) is 0.